The third-order valence-electron chi connectivity index (χ3n) is 5.90. The Morgan fingerprint density at radius 1 is 1.06 bits per heavy atom. The minimum atomic E-state index is -0.944. The molecule has 0 aliphatic rings. The van der Waals surface area contributed by atoms with Crippen molar-refractivity contribution in [3.05, 3.63) is 93.3 Å². The van der Waals surface area contributed by atoms with Gasteiger partial charge in [0.25, 0.3) is 5.91 Å². The van der Waals surface area contributed by atoms with Gasteiger partial charge < -0.3 is 15.7 Å². The van der Waals surface area contributed by atoms with E-state index < -0.39 is 5.97 Å². The van der Waals surface area contributed by atoms with E-state index in [4.69, 9.17) is 21.7 Å². The number of carbonyl (C=O) groups excluding carboxylic acids is 1. The number of halogens is 1. The summed E-state index contributed by atoms with van der Waals surface area (Å²) in [6.45, 7) is 4.87. The molecule has 3 N–H and O–H groups in total. The van der Waals surface area contributed by atoms with Crippen molar-refractivity contribution in [3.63, 3.8) is 0 Å². The van der Waals surface area contributed by atoms with Crippen LogP contribution in [0, 0.1) is 13.8 Å². The molecule has 8 heteroatoms. The molecule has 6 nitrogen and oxygen atoms in total. The summed E-state index contributed by atoms with van der Waals surface area (Å²) < 4.78 is 0. The number of carbonyl (C=O) groups is 2. The second-order valence-electron chi connectivity index (χ2n) is 8.43. The van der Waals surface area contributed by atoms with Gasteiger partial charge in [-0.05, 0) is 60.9 Å². The Morgan fingerprint density at radius 2 is 1.83 bits per heavy atom. The smallest absolute Gasteiger partial charge is 0.305 e. The number of thiazole rings is 1. The summed E-state index contributed by atoms with van der Waals surface area (Å²) in [5, 5.41) is 18.5. The van der Waals surface area contributed by atoms with Crippen LogP contribution in [0.3, 0.4) is 0 Å². The summed E-state index contributed by atoms with van der Waals surface area (Å²) in [7, 11) is 0. The van der Waals surface area contributed by atoms with Crippen molar-refractivity contribution in [2.75, 3.05) is 11.9 Å². The maximum absolute atomic E-state index is 12.2. The maximum atomic E-state index is 12.2. The number of nitrogens with zero attached hydrogens (tertiary/aromatic N) is 1. The molecule has 36 heavy (non-hydrogen) atoms. The molecule has 0 spiro atoms. The number of aliphatic carboxylic acids is 1. The van der Waals surface area contributed by atoms with Crippen LogP contribution >= 0.6 is 22.9 Å². The molecule has 0 unspecified atom stereocenters. The van der Waals surface area contributed by atoms with E-state index in [2.05, 4.69) is 36.6 Å². The van der Waals surface area contributed by atoms with Crippen molar-refractivity contribution >= 4 is 40.5 Å². The molecule has 0 aliphatic heterocycles. The van der Waals surface area contributed by atoms with Gasteiger partial charge in [0.15, 0.2) is 0 Å². The molecule has 1 heterocycles. The molecule has 1 aromatic heterocycles. The standard InChI is InChI=1S/C28H26ClN3O3S/c1-17-6-11-23(31-15-19-7-9-20(10-8-19)27(35)30-13-12-25(33)34)26(18(17)2)28-32-24(16-36-28)21-4-3-5-22(29)14-21/h3-11,14,16,31H,12-13,15H2,1-2H3,(H,30,35)(H,33,34). The predicted octanol–water partition coefficient (Wildman–Crippen LogP) is 6.56. The minimum Gasteiger partial charge on any atom is -0.481 e. The number of aromatic nitrogens is 1. The Bertz CT molecular complexity index is 1400. The molecular weight excluding hydrogens is 494 g/mol. The van der Waals surface area contributed by atoms with E-state index in [0.717, 1.165) is 33.1 Å². The average Bonchev–Trinajstić information content (AvgIpc) is 3.34. The van der Waals surface area contributed by atoms with Crippen molar-refractivity contribution < 1.29 is 14.7 Å². The molecule has 0 saturated carbocycles. The van der Waals surface area contributed by atoms with Crippen molar-refractivity contribution in [1.82, 2.24) is 10.3 Å². The second kappa shape index (κ2) is 11.4. The molecule has 4 rings (SSSR count). The molecule has 0 fully saturated rings. The summed E-state index contributed by atoms with van der Waals surface area (Å²) in [6, 6.07) is 19.1. The Kier molecular flexibility index (Phi) is 8.03. The monoisotopic (exact) mass is 519 g/mol. The Labute approximate surface area is 219 Å². The van der Waals surface area contributed by atoms with Gasteiger partial charge in [0, 0.05) is 45.9 Å². The summed E-state index contributed by atoms with van der Waals surface area (Å²) in [6.07, 6.45) is -0.105. The van der Waals surface area contributed by atoms with Crippen molar-refractivity contribution in [1.29, 1.82) is 0 Å². The van der Waals surface area contributed by atoms with Crippen LogP contribution < -0.4 is 10.6 Å². The number of rotatable bonds is 9. The van der Waals surface area contributed by atoms with Crippen LogP contribution in [-0.2, 0) is 11.3 Å². The number of amides is 1. The highest BCUT2D eigenvalue weighted by atomic mass is 35.5. The number of carboxylic acid groups (broad SMARTS) is 1. The average molecular weight is 520 g/mol. The highest BCUT2D eigenvalue weighted by Gasteiger charge is 2.15. The quantitative estimate of drug-likeness (QED) is 0.233. The molecule has 0 aliphatic carbocycles. The lowest BCUT2D eigenvalue weighted by atomic mass is 10.0. The van der Waals surface area contributed by atoms with Crippen LogP contribution in [0.4, 0.5) is 5.69 Å². The fourth-order valence-corrected chi connectivity index (χ4v) is 4.90. The van der Waals surface area contributed by atoms with Crippen LogP contribution in [0.2, 0.25) is 5.02 Å². The van der Waals surface area contributed by atoms with Crippen LogP contribution in [0.1, 0.15) is 33.5 Å². The van der Waals surface area contributed by atoms with E-state index in [1.54, 1.807) is 23.5 Å². The van der Waals surface area contributed by atoms with Gasteiger partial charge in [0.05, 0.1) is 12.1 Å². The van der Waals surface area contributed by atoms with Gasteiger partial charge >= 0.3 is 5.97 Å². The lowest BCUT2D eigenvalue weighted by molar-refractivity contribution is -0.136. The summed E-state index contributed by atoms with van der Waals surface area (Å²) in [5.74, 6) is -1.23. The van der Waals surface area contributed by atoms with Gasteiger partial charge in [-0.3, -0.25) is 9.59 Å². The zero-order valence-electron chi connectivity index (χ0n) is 20.0. The maximum Gasteiger partial charge on any atom is 0.305 e. The first kappa shape index (κ1) is 25.4. The lowest BCUT2D eigenvalue weighted by Crippen LogP contribution is -2.25. The fraction of sp³-hybridized carbons (Fsp3) is 0.179. The fourth-order valence-electron chi connectivity index (χ4n) is 3.76. The van der Waals surface area contributed by atoms with E-state index in [1.807, 2.05) is 41.8 Å². The van der Waals surface area contributed by atoms with Crippen molar-refractivity contribution in [2.45, 2.75) is 26.8 Å². The molecule has 4 aromatic rings. The summed E-state index contributed by atoms with van der Waals surface area (Å²) >= 11 is 7.77. The zero-order chi connectivity index (χ0) is 25.7. The number of hydrogen-bond acceptors (Lipinski definition) is 5. The first-order valence-electron chi connectivity index (χ1n) is 11.5. The third kappa shape index (κ3) is 6.11. The molecule has 184 valence electrons. The second-order valence-corrected chi connectivity index (χ2v) is 9.72. The molecule has 0 saturated heterocycles. The normalized spacial score (nSPS) is 10.8. The lowest BCUT2D eigenvalue weighted by Gasteiger charge is -2.15. The Hall–Kier alpha value is -3.68. The summed E-state index contributed by atoms with van der Waals surface area (Å²) in [5.41, 5.74) is 7.79. The first-order valence-corrected chi connectivity index (χ1v) is 12.7. The molecule has 0 radical (unpaired) electrons. The van der Waals surface area contributed by atoms with Crippen LogP contribution in [0.25, 0.3) is 21.8 Å². The molecule has 0 bridgehead atoms. The topological polar surface area (TPSA) is 91.3 Å². The summed E-state index contributed by atoms with van der Waals surface area (Å²) in [4.78, 5) is 27.7. The molecular formula is C28H26ClN3O3S. The largest absolute Gasteiger partial charge is 0.481 e. The van der Waals surface area contributed by atoms with Crippen molar-refractivity contribution in [2.24, 2.45) is 0 Å². The first-order chi connectivity index (χ1) is 17.3. The predicted molar refractivity (Wildman–Crippen MR) is 146 cm³/mol. The van der Waals surface area contributed by atoms with Gasteiger partial charge in [-0.15, -0.1) is 11.3 Å². The van der Waals surface area contributed by atoms with Gasteiger partial charge in [0.2, 0.25) is 0 Å². The van der Waals surface area contributed by atoms with Crippen LogP contribution in [-0.4, -0.2) is 28.5 Å². The van der Waals surface area contributed by atoms with E-state index in [1.165, 1.54) is 11.1 Å². The highest BCUT2D eigenvalue weighted by molar-refractivity contribution is 7.13. The van der Waals surface area contributed by atoms with E-state index in [9.17, 15) is 9.59 Å². The van der Waals surface area contributed by atoms with Gasteiger partial charge in [-0.25, -0.2) is 4.98 Å². The van der Waals surface area contributed by atoms with E-state index in [0.29, 0.717) is 17.1 Å². The number of carboxylic acids is 1. The molecule has 3 aromatic carbocycles. The van der Waals surface area contributed by atoms with Gasteiger partial charge in [-0.1, -0.05) is 41.9 Å². The third-order valence-corrected chi connectivity index (χ3v) is 6.99. The van der Waals surface area contributed by atoms with Gasteiger partial charge in [0.1, 0.15) is 5.01 Å². The Balaban J connectivity index is 1.50. The highest BCUT2D eigenvalue weighted by Crippen LogP contribution is 2.37. The number of benzene rings is 3. The van der Waals surface area contributed by atoms with Crippen molar-refractivity contribution in [3.8, 4) is 21.8 Å². The molecule has 1 amide bonds. The number of anilines is 1. The zero-order valence-corrected chi connectivity index (χ0v) is 21.5. The van der Waals surface area contributed by atoms with Crippen LogP contribution in [0.5, 0.6) is 0 Å². The Morgan fingerprint density at radius 3 is 2.56 bits per heavy atom. The SMILES string of the molecule is Cc1ccc(NCc2ccc(C(=O)NCCC(=O)O)cc2)c(-c2nc(-c3cccc(Cl)c3)cs2)c1C. The number of aryl methyl sites for hydroxylation is 1. The number of hydrogen-bond donors (Lipinski definition) is 3. The van der Waals surface area contributed by atoms with Crippen LogP contribution in [0.15, 0.2) is 66.0 Å². The van der Waals surface area contributed by atoms with Gasteiger partial charge in [-0.2, -0.15) is 0 Å². The minimum absolute atomic E-state index is 0.100. The van der Waals surface area contributed by atoms with E-state index >= 15 is 0 Å². The number of nitrogens with one attached hydrogen (secondary N) is 2. The molecule has 0 atom stereocenters. The van der Waals surface area contributed by atoms with E-state index in [-0.39, 0.29) is 18.9 Å².